The molecule has 21 heavy (non-hydrogen) atoms. The number of ether oxygens (including phenoxy) is 1. The Balaban J connectivity index is 1.50. The maximum absolute atomic E-state index is 5.34. The van der Waals surface area contributed by atoms with E-state index in [1.807, 2.05) is 30.5 Å². The summed E-state index contributed by atoms with van der Waals surface area (Å²) in [6.45, 7) is 5.69. The number of hydrogen-bond donors (Lipinski definition) is 1. The maximum Gasteiger partial charge on any atom is 0.125 e. The third-order valence-corrected chi connectivity index (χ3v) is 3.64. The molecule has 0 atom stereocenters. The fourth-order valence-corrected chi connectivity index (χ4v) is 2.41. The highest BCUT2D eigenvalue weighted by Crippen LogP contribution is 2.18. The van der Waals surface area contributed by atoms with Crippen molar-refractivity contribution in [2.75, 3.05) is 44.7 Å². The summed E-state index contributed by atoms with van der Waals surface area (Å²) in [5, 5.41) is 3.37. The fourth-order valence-electron chi connectivity index (χ4n) is 2.41. The molecule has 1 aliphatic rings. The largest absolute Gasteiger partial charge is 0.379 e. The number of nitrogens with zero attached hydrogens (tertiary/aromatic N) is 2. The Hall–Kier alpha value is -1.91. The molecule has 1 N–H and O–H groups in total. The van der Waals surface area contributed by atoms with Gasteiger partial charge in [0.05, 0.1) is 13.2 Å². The molecule has 2 heterocycles. The van der Waals surface area contributed by atoms with Gasteiger partial charge in [-0.3, -0.25) is 4.90 Å². The highest BCUT2D eigenvalue weighted by Gasteiger charge is 2.09. The Morgan fingerprint density at radius 2 is 2.10 bits per heavy atom. The number of pyridine rings is 1. The van der Waals surface area contributed by atoms with E-state index in [0.29, 0.717) is 0 Å². The molecular formula is C17H20N3O. The molecule has 4 nitrogen and oxygen atoms in total. The SMILES string of the molecule is [c]1cccc(-c2ccc(NCCN3CCOCC3)nc2)c1. The normalized spacial score (nSPS) is 15.8. The maximum atomic E-state index is 5.34. The van der Waals surface area contributed by atoms with E-state index < -0.39 is 0 Å². The molecule has 0 aliphatic carbocycles. The molecule has 1 aliphatic heterocycles. The summed E-state index contributed by atoms with van der Waals surface area (Å²) in [6.07, 6.45) is 1.90. The molecule has 1 saturated heterocycles. The minimum atomic E-state index is 0.848. The number of aromatic nitrogens is 1. The van der Waals surface area contributed by atoms with Gasteiger partial charge in [-0.2, -0.15) is 0 Å². The Morgan fingerprint density at radius 3 is 2.81 bits per heavy atom. The van der Waals surface area contributed by atoms with Crippen LogP contribution in [0.3, 0.4) is 0 Å². The summed E-state index contributed by atoms with van der Waals surface area (Å²) in [5.74, 6) is 0.923. The van der Waals surface area contributed by atoms with Gasteiger partial charge in [0.15, 0.2) is 0 Å². The van der Waals surface area contributed by atoms with Crippen molar-refractivity contribution < 1.29 is 4.74 Å². The zero-order valence-corrected chi connectivity index (χ0v) is 12.1. The van der Waals surface area contributed by atoms with Crippen LogP contribution in [0.4, 0.5) is 5.82 Å². The third kappa shape index (κ3) is 4.03. The molecule has 2 aromatic rings. The first-order valence-corrected chi connectivity index (χ1v) is 7.38. The van der Waals surface area contributed by atoms with Crippen molar-refractivity contribution in [3.63, 3.8) is 0 Å². The van der Waals surface area contributed by atoms with Crippen LogP contribution in [0.2, 0.25) is 0 Å². The first-order chi connectivity index (χ1) is 10.4. The van der Waals surface area contributed by atoms with Crippen LogP contribution in [-0.4, -0.2) is 49.3 Å². The van der Waals surface area contributed by atoms with E-state index >= 15 is 0 Å². The first-order valence-electron chi connectivity index (χ1n) is 7.38. The zero-order chi connectivity index (χ0) is 14.3. The van der Waals surface area contributed by atoms with Crippen LogP contribution in [0.25, 0.3) is 11.1 Å². The lowest BCUT2D eigenvalue weighted by Gasteiger charge is -2.26. The summed E-state index contributed by atoms with van der Waals surface area (Å²) < 4.78 is 5.34. The van der Waals surface area contributed by atoms with Crippen LogP contribution >= 0.6 is 0 Å². The molecule has 0 spiro atoms. The van der Waals surface area contributed by atoms with E-state index in [1.54, 1.807) is 0 Å². The molecule has 1 fully saturated rings. The van der Waals surface area contributed by atoms with E-state index in [4.69, 9.17) is 4.74 Å². The molecule has 1 aromatic carbocycles. The second-order valence-corrected chi connectivity index (χ2v) is 5.11. The Kier molecular flexibility index (Phi) is 4.82. The Morgan fingerprint density at radius 1 is 1.19 bits per heavy atom. The summed E-state index contributed by atoms with van der Waals surface area (Å²) in [4.78, 5) is 6.88. The predicted molar refractivity (Wildman–Crippen MR) is 84.3 cm³/mol. The summed E-state index contributed by atoms with van der Waals surface area (Å²) >= 11 is 0. The van der Waals surface area contributed by atoms with Gasteiger partial charge in [0.2, 0.25) is 0 Å². The van der Waals surface area contributed by atoms with Gasteiger partial charge in [0, 0.05) is 37.9 Å². The van der Waals surface area contributed by atoms with Gasteiger partial charge in [0.1, 0.15) is 5.82 Å². The van der Waals surface area contributed by atoms with Crippen molar-refractivity contribution in [1.82, 2.24) is 9.88 Å². The number of benzene rings is 1. The Bertz CT molecular complexity index is 536. The number of anilines is 1. The zero-order valence-electron chi connectivity index (χ0n) is 12.1. The van der Waals surface area contributed by atoms with E-state index in [-0.39, 0.29) is 0 Å². The molecule has 1 aromatic heterocycles. The van der Waals surface area contributed by atoms with E-state index in [0.717, 1.165) is 56.3 Å². The molecule has 0 bridgehead atoms. The second-order valence-electron chi connectivity index (χ2n) is 5.11. The van der Waals surface area contributed by atoms with Crippen molar-refractivity contribution in [2.45, 2.75) is 0 Å². The minimum absolute atomic E-state index is 0.848. The fraction of sp³-hybridized carbons (Fsp3) is 0.353. The van der Waals surface area contributed by atoms with Crippen molar-refractivity contribution in [3.8, 4) is 11.1 Å². The molecule has 1 radical (unpaired) electrons. The molecule has 0 unspecified atom stereocenters. The third-order valence-electron chi connectivity index (χ3n) is 3.64. The summed E-state index contributed by atoms with van der Waals surface area (Å²) in [7, 11) is 0. The van der Waals surface area contributed by atoms with Crippen LogP contribution in [-0.2, 0) is 4.74 Å². The average molecular weight is 282 g/mol. The van der Waals surface area contributed by atoms with Crippen molar-refractivity contribution >= 4 is 5.82 Å². The van der Waals surface area contributed by atoms with Gasteiger partial charge in [0.25, 0.3) is 0 Å². The van der Waals surface area contributed by atoms with Crippen LogP contribution in [0, 0.1) is 6.07 Å². The van der Waals surface area contributed by atoms with Crippen molar-refractivity contribution in [1.29, 1.82) is 0 Å². The quantitative estimate of drug-likeness (QED) is 0.913. The highest BCUT2D eigenvalue weighted by atomic mass is 16.5. The van der Waals surface area contributed by atoms with Gasteiger partial charge < -0.3 is 10.1 Å². The molecule has 0 saturated carbocycles. The van der Waals surface area contributed by atoms with Gasteiger partial charge >= 0.3 is 0 Å². The lowest BCUT2D eigenvalue weighted by Crippen LogP contribution is -2.39. The number of morpholine rings is 1. The standard InChI is InChI=1S/C17H20N3O/c1-2-4-15(5-3-1)16-6-7-17(19-14-16)18-8-9-20-10-12-21-13-11-20/h1-2,4-7,14H,8-13H2,(H,18,19). The summed E-state index contributed by atoms with van der Waals surface area (Å²) in [6, 6.07) is 15.1. The number of nitrogens with one attached hydrogen (secondary N) is 1. The number of hydrogen-bond acceptors (Lipinski definition) is 4. The van der Waals surface area contributed by atoms with Gasteiger partial charge in [-0.05, 0) is 29.8 Å². The lowest BCUT2D eigenvalue weighted by atomic mass is 10.1. The molecular weight excluding hydrogens is 262 g/mol. The molecule has 3 rings (SSSR count). The predicted octanol–water partition coefficient (Wildman–Crippen LogP) is 2.29. The van der Waals surface area contributed by atoms with Crippen LogP contribution < -0.4 is 5.32 Å². The Labute approximate surface area is 125 Å². The second kappa shape index (κ2) is 7.20. The van der Waals surface area contributed by atoms with Gasteiger partial charge in [-0.15, -0.1) is 0 Å². The topological polar surface area (TPSA) is 37.4 Å². The lowest BCUT2D eigenvalue weighted by molar-refractivity contribution is 0.0398. The molecule has 109 valence electrons. The van der Waals surface area contributed by atoms with Crippen molar-refractivity contribution in [2.24, 2.45) is 0 Å². The number of rotatable bonds is 5. The smallest absolute Gasteiger partial charge is 0.125 e. The molecule has 4 heteroatoms. The van der Waals surface area contributed by atoms with Crippen LogP contribution in [0.1, 0.15) is 0 Å². The highest BCUT2D eigenvalue weighted by molar-refractivity contribution is 5.63. The molecule has 0 amide bonds. The van der Waals surface area contributed by atoms with Crippen LogP contribution in [0.15, 0.2) is 42.6 Å². The van der Waals surface area contributed by atoms with E-state index in [2.05, 4.69) is 33.4 Å². The van der Waals surface area contributed by atoms with Gasteiger partial charge in [-0.1, -0.05) is 18.2 Å². The first kappa shape index (κ1) is 14.0. The minimum Gasteiger partial charge on any atom is -0.379 e. The average Bonchev–Trinajstić information content (AvgIpc) is 2.57. The monoisotopic (exact) mass is 282 g/mol. The van der Waals surface area contributed by atoms with E-state index in [1.165, 1.54) is 0 Å². The summed E-state index contributed by atoms with van der Waals surface area (Å²) in [5.41, 5.74) is 2.26. The van der Waals surface area contributed by atoms with Gasteiger partial charge in [-0.25, -0.2) is 4.98 Å². The van der Waals surface area contributed by atoms with E-state index in [9.17, 15) is 0 Å². The van der Waals surface area contributed by atoms with Crippen molar-refractivity contribution in [3.05, 3.63) is 48.7 Å². The van der Waals surface area contributed by atoms with Crippen LogP contribution in [0.5, 0.6) is 0 Å².